The highest BCUT2D eigenvalue weighted by molar-refractivity contribution is 5.91. The molecule has 0 bridgehead atoms. The third kappa shape index (κ3) is 5.04. The summed E-state index contributed by atoms with van der Waals surface area (Å²) in [7, 11) is 0. The number of nitrogens with one attached hydrogen (secondary N) is 1. The number of nitrogens with zero attached hydrogens (tertiary/aromatic N) is 3. The number of piperazine rings is 1. The Kier molecular flexibility index (Phi) is 7.07. The number of hydrogen-bond donors (Lipinski definition) is 1. The molecule has 2 saturated heterocycles. The molecular weight excluding hydrogens is 384 g/mol. The first-order valence-electron chi connectivity index (χ1n) is 11.3. The molecule has 0 atom stereocenters. The molecular formula is C22H34N4O4. The average molecular weight is 419 g/mol. The van der Waals surface area contributed by atoms with Crippen molar-refractivity contribution in [2.45, 2.75) is 37.6 Å². The van der Waals surface area contributed by atoms with E-state index in [0.29, 0.717) is 38.5 Å². The number of carbonyl (C=O) groups is 2. The van der Waals surface area contributed by atoms with Gasteiger partial charge in [-0.1, -0.05) is 19.3 Å². The lowest BCUT2D eigenvalue weighted by molar-refractivity contribution is -0.123. The predicted molar refractivity (Wildman–Crippen MR) is 112 cm³/mol. The Labute approximate surface area is 178 Å². The maximum absolute atomic E-state index is 12.7. The summed E-state index contributed by atoms with van der Waals surface area (Å²) in [5.41, 5.74) is 0.0891. The first-order valence-corrected chi connectivity index (χ1v) is 11.3. The van der Waals surface area contributed by atoms with Gasteiger partial charge in [0.15, 0.2) is 5.76 Å². The minimum Gasteiger partial charge on any atom is -0.459 e. The zero-order valence-electron chi connectivity index (χ0n) is 17.8. The van der Waals surface area contributed by atoms with Gasteiger partial charge in [0, 0.05) is 51.4 Å². The molecule has 0 unspecified atom stereocenters. The fourth-order valence-corrected chi connectivity index (χ4v) is 5.04. The van der Waals surface area contributed by atoms with Crippen LogP contribution in [0.25, 0.3) is 0 Å². The summed E-state index contributed by atoms with van der Waals surface area (Å²) in [6, 6.07) is 3.42. The van der Waals surface area contributed by atoms with E-state index in [1.165, 1.54) is 25.5 Å². The van der Waals surface area contributed by atoms with E-state index in [1.54, 1.807) is 17.0 Å². The molecule has 3 fully saturated rings. The SMILES string of the molecule is O=C(CN1CCN(C(=O)c2ccco2)CC1)NCC1(N2CCOCC2)CCCCC1. The minimum absolute atomic E-state index is 0.0751. The molecule has 1 aliphatic carbocycles. The fraction of sp³-hybridized carbons (Fsp3) is 0.727. The lowest BCUT2D eigenvalue weighted by Gasteiger charge is -2.48. The molecule has 4 rings (SSSR count). The van der Waals surface area contributed by atoms with Crippen LogP contribution in [0.15, 0.2) is 22.8 Å². The number of hydrogen-bond acceptors (Lipinski definition) is 6. The summed E-state index contributed by atoms with van der Waals surface area (Å²) in [6.07, 6.45) is 7.59. The molecule has 1 aromatic heterocycles. The van der Waals surface area contributed by atoms with Gasteiger partial charge < -0.3 is 19.4 Å². The molecule has 0 aromatic carbocycles. The molecule has 30 heavy (non-hydrogen) atoms. The Morgan fingerprint density at radius 2 is 1.73 bits per heavy atom. The van der Waals surface area contributed by atoms with Crippen molar-refractivity contribution in [3.63, 3.8) is 0 Å². The second-order valence-corrected chi connectivity index (χ2v) is 8.71. The number of morpholine rings is 1. The first-order chi connectivity index (χ1) is 14.7. The van der Waals surface area contributed by atoms with Crippen molar-refractivity contribution in [1.82, 2.24) is 20.0 Å². The molecule has 1 saturated carbocycles. The summed E-state index contributed by atoms with van der Waals surface area (Å²) >= 11 is 0. The molecule has 8 nitrogen and oxygen atoms in total. The Morgan fingerprint density at radius 3 is 2.40 bits per heavy atom. The second-order valence-electron chi connectivity index (χ2n) is 8.71. The van der Waals surface area contributed by atoms with Crippen LogP contribution in [-0.2, 0) is 9.53 Å². The number of ether oxygens (including phenoxy) is 1. The van der Waals surface area contributed by atoms with Crippen LogP contribution >= 0.6 is 0 Å². The van der Waals surface area contributed by atoms with Gasteiger partial charge in [-0.2, -0.15) is 0 Å². The van der Waals surface area contributed by atoms with Gasteiger partial charge in [-0.15, -0.1) is 0 Å². The molecule has 166 valence electrons. The van der Waals surface area contributed by atoms with Crippen molar-refractivity contribution in [2.24, 2.45) is 0 Å². The maximum atomic E-state index is 12.7. The zero-order chi connectivity index (χ0) is 20.8. The first kappa shape index (κ1) is 21.3. The Hall–Kier alpha value is -1.90. The average Bonchev–Trinajstić information content (AvgIpc) is 3.34. The number of amides is 2. The molecule has 3 aliphatic rings. The molecule has 2 aliphatic heterocycles. The van der Waals surface area contributed by atoms with E-state index in [9.17, 15) is 9.59 Å². The van der Waals surface area contributed by atoms with E-state index in [4.69, 9.17) is 9.15 Å². The standard InChI is InChI=1S/C22H34N4O4/c27-20(17-24-8-10-25(11-9-24)21(28)19-5-4-14-30-19)23-18-22(6-2-1-3-7-22)26-12-15-29-16-13-26/h4-5,14H,1-3,6-13,15-18H2,(H,23,27). The van der Waals surface area contributed by atoms with Gasteiger partial charge >= 0.3 is 0 Å². The van der Waals surface area contributed by atoms with Crippen molar-refractivity contribution < 1.29 is 18.7 Å². The highest BCUT2D eigenvalue weighted by Crippen LogP contribution is 2.33. The fourth-order valence-electron chi connectivity index (χ4n) is 5.04. The van der Waals surface area contributed by atoms with Crippen LogP contribution in [0, 0.1) is 0 Å². The predicted octanol–water partition coefficient (Wildman–Crippen LogP) is 1.19. The highest BCUT2D eigenvalue weighted by atomic mass is 16.5. The van der Waals surface area contributed by atoms with Gasteiger partial charge in [0.05, 0.1) is 26.0 Å². The van der Waals surface area contributed by atoms with E-state index < -0.39 is 0 Å². The van der Waals surface area contributed by atoms with Crippen LogP contribution in [0.5, 0.6) is 0 Å². The lowest BCUT2D eigenvalue weighted by atomic mass is 9.79. The van der Waals surface area contributed by atoms with E-state index >= 15 is 0 Å². The van der Waals surface area contributed by atoms with E-state index in [1.807, 2.05) is 0 Å². The van der Waals surface area contributed by atoms with Crippen LogP contribution in [0.4, 0.5) is 0 Å². The maximum Gasteiger partial charge on any atom is 0.289 e. The lowest BCUT2D eigenvalue weighted by Crippen LogP contribution is -2.60. The van der Waals surface area contributed by atoms with Gasteiger partial charge in [0.1, 0.15) is 0 Å². The number of furan rings is 1. The second kappa shape index (κ2) is 9.94. The third-order valence-corrected chi connectivity index (χ3v) is 6.84. The zero-order valence-corrected chi connectivity index (χ0v) is 17.8. The summed E-state index contributed by atoms with van der Waals surface area (Å²) < 4.78 is 10.7. The molecule has 3 heterocycles. The third-order valence-electron chi connectivity index (χ3n) is 6.84. The van der Waals surface area contributed by atoms with Crippen molar-refractivity contribution in [3.8, 4) is 0 Å². The Bertz CT molecular complexity index is 688. The van der Waals surface area contributed by atoms with E-state index in [0.717, 1.165) is 45.7 Å². The monoisotopic (exact) mass is 418 g/mol. The van der Waals surface area contributed by atoms with Gasteiger partial charge in [-0.05, 0) is 25.0 Å². The summed E-state index contributed by atoms with van der Waals surface area (Å²) in [5.74, 6) is 0.384. The van der Waals surface area contributed by atoms with Crippen molar-refractivity contribution in [3.05, 3.63) is 24.2 Å². The van der Waals surface area contributed by atoms with Crippen molar-refractivity contribution >= 4 is 11.8 Å². The van der Waals surface area contributed by atoms with Crippen LogP contribution in [0.1, 0.15) is 42.7 Å². The highest BCUT2D eigenvalue weighted by Gasteiger charge is 2.39. The largest absolute Gasteiger partial charge is 0.459 e. The van der Waals surface area contributed by atoms with Gasteiger partial charge in [0.25, 0.3) is 5.91 Å². The van der Waals surface area contributed by atoms with Gasteiger partial charge in [0.2, 0.25) is 5.91 Å². The molecule has 1 aromatic rings. The van der Waals surface area contributed by atoms with Crippen LogP contribution in [0.3, 0.4) is 0 Å². The Balaban J connectivity index is 1.24. The Morgan fingerprint density at radius 1 is 1.00 bits per heavy atom. The summed E-state index contributed by atoms with van der Waals surface area (Å²) in [5, 5.41) is 3.24. The van der Waals surface area contributed by atoms with E-state index in [-0.39, 0.29) is 17.4 Å². The topological polar surface area (TPSA) is 78.3 Å². The van der Waals surface area contributed by atoms with Crippen LogP contribution < -0.4 is 5.32 Å². The molecule has 2 amide bonds. The van der Waals surface area contributed by atoms with Crippen molar-refractivity contribution in [1.29, 1.82) is 0 Å². The minimum atomic E-state index is -0.0751. The number of rotatable bonds is 6. The quantitative estimate of drug-likeness (QED) is 0.748. The molecule has 8 heteroatoms. The molecule has 0 radical (unpaired) electrons. The van der Waals surface area contributed by atoms with Crippen LogP contribution in [-0.4, -0.2) is 97.6 Å². The number of carbonyl (C=O) groups excluding carboxylic acids is 2. The van der Waals surface area contributed by atoms with Crippen molar-refractivity contribution in [2.75, 3.05) is 65.6 Å². The normalized spacial score (nSPS) is 23.3. The van der Waals surface area contributed by atoms with Gasteiger partial charge in [-0.3, -0.25) is 19.4 Å². The summed E-state index contributed by atoms with van der Waals surface area (Å²) in [4.78, 5) is 31.5. The van der Waals surface area contributed by atoms with Crippen LogP contribution in [0.2, 0.25) is 0 Å². The van der Waals surface area contributed by atoms with E-state index in [2.05, 4.69) is 15.1 Å². The summed E-state index contributed by atoms with van der Waals surface area (Å²) in [6.45, 7) is 7.25. The van der Waals surface area contributed by atoms with Gasteiger partial charge in [-0.25, -0.2) is 0 Å². The molecule has 0 spiro atoms. The smallest absolute Gasteiger partial charge is 0.289 e. The molecule has 1 N–H and O–H groups in total.